The molecule has 0 spiro atoms. The predicted octanol–water partition coefficient (Wildman–Crippen LogP) is 6.42. The Hall–Kier alpha value is -2.37. The van der Waals surface area contributed by atoms with E-state index in [0.717, 1.165) is 4.47 Å². The van der Waals surface area contributed by atoms with Crippen molar-refractivity contribution in [3.63, 3.8) is 0 Å². The molecule has 144 valence electrons. The van der Waals surface area contributed by atoms with Crippen LogP contribution < -0.4 is 4.74 Å². The lowest BCUT2D eigenvalue weighted by Crippen LogP contribution is -2.17. The van der Waals surface area contributed by atoms with Crippen LogP contribution in [0.2, 0.25) is 5.02 Å². The van der Waals surface area contributed by atoms with Crippen LogP contribution >= 0.6 is 27.5 Å². The molecule has 0 fully saturated rings. The number of allylic oxidation sites excluding steroid dienone is 2. The van der Waals surface area contributed by atoms with Gasteiger partial charge in [0.15, 0.2) is 17.4 Å². The van der Waals surface area contributed by atoms with Crippen molar-refractivity contribution < 1.29 is 18.7 Å². The van der Waals surface area contributed by atoms with Crippen LogP contribution in [0.1, 0.15) is 22.3 Å². The fourth-order valence-electron chi connectivity index (χ4n) is 2.85. The zero-order valence-corrected chi connectivity index (χ0v) is 17.2. The molecule has 0 aliphatic carbocycles. The van der Waals surface area contributed by atoms with E-state index < -0.39 is 5.83 Å². The van der Waals surface area contributed by atoms with Crippen LogP contribution in [0.3, 0.4) is 0 Å². The van der Waals surface area contributed by atoms with Gasteiger partial charge in [-0.15, -0.1) is 0 Å². The predicted molar refractivity (Wildman–Crippen MR) is 111 cm³/mol. The lowest BCUT2D eigenvalue weighted by Gasteiger charge is -2.14. The van der Waals surface area contributed by atoms with E-state index in [9.17, 15) is 9.18 Å². The number of carbonyl (C=O) groups is 1. The van der Waals surface area contributed by atoms with Crippen LogP contribution in [0.5, 0.6) is 5.75 Å². The summed E-state index contributed by atoms with van der Waals surface area (Å²) in [5.74, 6) is -0.0852. The van der Waals surface area contributed by atoms with Gasteiger partial charge >= 0.3 is 0 Å². The monoisotopic (exact) mass is 462 g/mol. The molecule has 0 radical (unpaired) electrons. The lowest BCUT2D eigenvalue weighted by molar-refractivity contribution is 0.0899. The summed E-state index contributed by atoms with van der Waals surface area (Å²) in [5, 5.41) is 0.391. The number of halogens is 3. The molecule has 1 aliphatic heterocycles. The van der Waals surface area contributed by atoms with Gasteiger partial charge in [-0.1, -0.05) is 46.8 Å². The first-order chi connectivity index (χ1) is 13.4. The summed E-state index contributed by atoms with van der Waals surface area (Å²) in [5.41, 5.74) is 1.59. The third kappa shape index (κ3) is 4.54. The molecule has 6 heteroatoms. The summed E-state index contributed by atoms with van der Waals surface area (Å²) in [6.07, 6.45) is 1.74. The number of hydrogen-bond donors (Lipinski definition) is 0. The first-order valence-electron chi connectivity index (χ1n) is 8.48. The molecule has 0 aromatic heterocycles. The first kappa shape index (κ1) is 20.4. The molecule has 1 unspecified atom stereocenters. The second kappa shape index (κ2) is 8.76. The Bertz CT molecular complexity index is 966. The highest BCUT2D eigenvalue weighted by Gasteiger charge is 2.26. The Morgan fingerprint density at radius 2 is 2.04 bits per heavy atom. The van der Waals surface area contributed by atoms with E-state index >= 15 is 0 Å². The van der Waals surface area contributed by atoms with Crippen LogP contribution in [0.4, 0.5) is 4.39 Å². The van der Waals surface area contributed by atoms with Gasteiger partial charge in [0.25, 0.3) is 0 Å². The third-order valence-corrected chi connectivity index (χ3v) is 5.06. The van der Waals surface area contributed by atoms with E-state index in [-0.39, 0.29) is 24.3 Å². The quantitative estimate of drug-likeness (QED) is 0.444. The van der Waals surface area contributed by atoms with Crippen molar-refractivity contribution >= 4 is 33.3 Å². The van der Waals surface area contributed by atoms with Crippen LogP contribution in [-0.4, -0.2) is 18.5 Å². The van der Waals surface area contributed by atoms with Gasteiger partial charge in [-0.05, 0) is 42.5 Å². The second-order valence-electron chi connectivity index (χ2n) is 6.20. The second-order valence-corrected chi connectivity index (χ2v) is 7.52. The maximum Gasteiger partial charge on any atom is 0.194 e. The molecule has 1 aliphatic rings. The molecule has 0 saturated carbocycles. The van der Waals surface area contributed by atoms with Gasteiger partial charge in [-0.3, -0.25) is 4.79 Å². The molecule has 2 aromatic carbocycles. The van der Waals surface area contributed by atoms with Crippen molar-refractivity contribution in [2.75, 3.05) is 6.61 Å². The number of rotatable bonds is 7. The standard InChI is InChI=1S/C22H17BrClFO3/c1-3-14-10-18(28-22(14)13(2)25)12-27-17-7-4-15(5-8-17)21(26)19-11-16(23)6-9-20(19)24/h3-9,11,18H,1-2,10,12H2. The van der Waals surface area contributed by atoms with Gasteiger partial charge in [0.2, 0.25) is 0 Å². The van der Waals surface area contributed by atoms with E-state index in [0.29, 0.717) is 33.9 Å². The highest BCUT2D eigenvalue weighted by atomic mass is 79.9. The molecule has 28 heavy (non-hydrogen) atoms. The highest BCUT2D eigenvalue weighted by molar-refractivity contribution is 9.10. The Labute approximate surface area is 176 Å². The van der Waals surface area contributed by atoms with Crippen LogP contribution in [0, 0.1) is 0 Å². The third-order valence-electron chi connectivity index (χ3n) is 4.24. The smallest absolute Gasteiger partial charge is 0.194 e. The maximum atomic E-state index is 13.4. The number of hydrogen-bond acceptors (Lipinski definition) is 3. The molecule has 0 N–H and O–H groups in total. The van der Waals surface area contributed by atoms with Gasteiger partial charge in [-0.25, -0.2) is 4.39 Å². The number of ketones is 1. The molecule has 2 aromatic rings. The van der Waals surface area contributed by atoms with Crippen molar-refractivity contribution in [2.24, 2.45) is 0 Å². The topological polar surface area (TPSA) is 35.5 Å². The van der Waals surface area contributed by atoms with Crippen LogP contribution in [-0.2, 0) is 4.74 Å². The lowest BCUT2D eigenvalue weighted by atomic mass is 10.0. The minimum absolute atomic E-state index is 0.135. The molecule has 1 heterocycles. The van der Waals surface area contributed by atoms with E-state index in [1.165, 1.54) is 0 Å². The molecule has 0 saturated heterocycles. The van der Waals surface area contributed by atoms with E-state index in [1.54, 1.807) is 48.5 Å². The highest BCUT2D eigenvalue weighted by Crippen LogP contribution is 2.31. The normalized spacial score (nSPS) is 15.9. The molecule has 0 bridgehead atoms. The fraction of sp³-hybridized carbons (Fsp3) is 0.136. The number of carbonyl (C=O) groups excluding carboxylic acids is 1. The van der Waals surface area contributed by atoms with E-state index in [2.05, 4.69) is 29.1 Å². The average Bonchev–Trinajstić information content (AvgIpc) is 3.12. The SMILES string of the molecule is C=CC1=C(C(=C)F)OC(COc2ccc(C(=O)c3cc(Br)ccc3Cl)cc2)C1. The van der Waals surface area contributed by atoms with Gasteiger partial charge in [0.05, 0.1) is 5.02 Å². The summed E-state index contributed by atoms with van der Waals surface area (Å²) in [7, 11) is 0. The zero-order valence-electron chi connectivity index (χ0n) is 14.9. The van der Waals surface area contributed by atoms with Gasteiger partial charge in [0, 0.05) is 27.6 Å². The van der Waals surface area contributed by atoms with Crippen LogP contribution in [0.15, 0.2) is 83.3 Å². The molecule has 1 atom stereocenters. The summed E-state index contributed by atoms with van der Waals surface area (Å²) >= 11 is 9.47. The Morgan fingerprint density at radius 3 is 2.64 bits per heavy atom. The fourth-order valence-corrected chi connectivity index (χ4v) is 3.41. The van der Waals surface area contributed by atoms with Crippen molar-refractivity contribution in [3.8, 4) is 5.75 Å². The summed E-state index contributed by atoms with van der Waals surface area (Å²) in [6, 6.07) is 11.9. The number of ether oxygens (including phenoxy) is 2. The molecular formula is C22H17BrClFO3. The zero-order chi connectivity index (χ0) is 20.3. The van der Waals surface area contributed by atoms with E-state index in [1.807, 2.05) is 0 Å². The Kier molecular flexibility index (Phi) is 6.37. The van der Waals surface area contributed by atoms with Gasteiger partial charge in [-0.2, -0.15) is 0 Å². The summed E-state index contributed by atoms with van der Waals surface area (Å²) < 4.78 is 25.4. The average molecular weight is 464 g/mol. The van der Waals surface area contributed by atoms with Crippen molar-refractivity contribution in [1.29, 1.82) is 0 Å². The van der Waals surface area contributed by atoms with Crippen LogP contribution in [0.25, 0.3) is 0 Å². The van der Waals surface area contributed by atoms with Crippen molar-refractivity contribution in [2.45, 2.75) is 12.5 Å². The summed E-state index contributed by atoms with van der Waals surface area (Å²) in [6.45, 7) is 7.16. The Balaban J connectivity index is 1.63. The molecule has 3 rings (SSSR count). The Morgan fingerprint density at radius 1 is 1.32 bits per heavy atom. The largest absolute Gasteiger partial charge is 0.490 e. The van der Waals surface area contributed by atoms with Crippen molar-refractivity contribution in [1.82, 2.24) is 0 Å². The number of benzene rings is 2. The minimum Gasteiger partial charge on any atom is -0.490 e. The van der Waals surface area contributed by atoms with Gasteiger partial charge in [0.1, 0.15) is 18.5 Å². The van der Waals surface area contributed by atoms with Gasteiger partial charge < -0.3 is 9.47 Å². The minimum atomic E-state index is -0.619. The summed E-state index contributed by atoms with van der Waals surface area (Å²) in [4.78, 5) is 12.6. The van der Waals surface area contributed by atoms with Crippen molar-refractivity contribution in [3.05, 3.63) is 99.5 Å². The first-order valence-corrected chi connectivity index (χ1v) is 9.65. The molecule has 0 amide bonds. The van der Waals surface area contributed by atoms with E-state index in [4.69, 9.17) is 21.1 Å². The molecular weight excluding hydrogens is 447 g/mol. The maximum absolute atomic E-state index is 13.4. The molecule has 3 nitrogen and oxygen atoms in total.